The lowest BCUT2D eigenvalue weighted by atomic mass is 9.95. The molecular weight excluding hydrogens is 216 g/mol. The molecule has 0 N–H and O–H groups in total. The van der Waals surface area contributed by atoms with Gasteiger partial charge in [0, 0.05) is 5.88 Å². The number of rotatable bonds is 7. The van der Waals surface area contributed by atoms with Gasteiger partial charge in [-0.05, 0) is 31.2 Å². The van der Waals surface area contributed by atoms with Crippen LogP contribution in [0.15, 0.2) is 24.3 Å². The Kier molecular flexibility index (Phi) is 6.56. The van der Waals surface area contributed by atoms with Gasteiger partial charge in [-0.1, -0.05) is 56.0 Å². The molecule has 1 unspecified atom stereocenters. The minimum Gasteiger partial charge on any atom is -0.126 e. The molecule has 0 heterocycles. The van der Waals surface area contributed by atoms with E-state index in [4.69, 9.17) is 11.6 Å². The van der Waals surface area contributed by atoms with Crippen molar-refractivity contribution in [3.63, 3.8) is 0 Å². The first-order chi connectivity index (χ1) is 7.76. The standard InChI is InChI=1S/C15H23Cl/c1-3-4-5-8-15(12-16)11-14-9-6-7-13(2)10-14/h6-7,9-10,15H,3-5,8,11-12H2,1-2H3. The Bertz CT molecular complexity index is 293. The summed E-state index contributed by atoms with van der Waals surface area (Å²) in [5, 5.41) is 0. The Morgan fingerprint density at radius 1 is 1.25 bits per heavy atom. The van der Waals surface area contributed by atoms with Gasteiger partial charge in [-0.3, -0.25) is 0 Å². The van der Waals surface area contributed by atoms with Gasteiger partial charge in [-0.25, -0.2) is 0 Å². The number of hydrogen-bond acceptors (Lipinski definition) is 0. The smallest absolute Gasteiger partial charge is 0.0254 e. The highest BCUT2D eigenvalue weighted by Crippen LogP contribution is 2.18. The molecule has 0 aromatic heterocycles. The normalized spacial score (nSPS) is 12.7. The van der Waals surface area contributed by atoms with E-state index in [9.17, 15) is 0 Å². The molecule has 90 valence electrons. The van der Waals surface area contributed by atoms with E-state index in [1.807, 2.05) is 0 Å². The van der Waals surface area contributed by atoms with Crippen LogP contribution in [-0.2, 0) is 6.42 Å². The molecule has 1 atom stereocenters. The molecule has 1 aromatic carbocycles. The molecule has 1 heteroatoms. The SMILES string of the molecule is CCCCCC(CCl)Cc1cccc(C)c1. The topological polar surface area (TPSA) is 0 Å². The molecule has 0 amide bonds. The van der Waals surface area contributed by atoms with Gasteiger partial charge >= 0.3 is 0 Å². The fraction of sp³-hybridized carbons (Fsp3) is 0.600. The monoisotopic (exact) mass is 238 g/mol. The van der Waals surface area contributed by atoms with Crippen molar-refractivity contribution in [1.82, 2.24) is 0 Å². The third-order valence-corrected chi connectivity index (χ3v) is 3.48. The Morgan fingerprint density at radius 2 is 2.06 bits per heavy atom. The largest absolute Gasteiger partial charge is 0.126 e. The van der Waals surface area contributed by atoms with Crippen LogP contribution in [0.2, 0.25) is 0 Å². The highest BCUT2D eigenvalue weighted by Gasteiger charge is 2.08. The fourth-order valence-corrected chi connectivity index (χ4v) is 2.35. The summed E-state index contributed by atoms with van der Waals surface area (Å²) in [5.41, 5.74) is 2.78. The average molecular weight is 239 g/mol. The van der Waals surface area contributed by atoms with Crippen LogP contribution in [0.3, 0.4) is 0 Å². The van der Waals surface area contributed by atoms with Crippen molar-refractivity contribution < 1.29 is 0 Å². The van der Waals surface area contributed by atoms with Crippen LogP contribution < -0.4 is 0 Å². The Labute approximate surface area is 105 Å². The minimum atomic E-state index is 0.648. The molecular formula is C15H23Cl. The number of unbranched alkanes of at least 4 members (excludes halogenated alkanes) is 2. The molecule has 0 aliphatic rings. The molecule has 1 rings (SSSR count). The quantitative estimate of drug-likeness (QED) is 0.465. The molecule has 0 fully saturated rings. The summed E-state index contributed by atoms with van der Waals surface area (Å²) in [6, 6.07) is 8.78. The molecule has 0 radical (unpaired) electrons. The molecule has 16 heavy (non-hydrogen) atoms. The Morgan fingerprint density at radius 3 is 2.69 bits per heavy atom. The summed E-state index contributed by atoms with van der Waals surface area (Å²) in [7, 11) is 0. The third kappa shape index (κ3) is 5.03. The van der Waals surface area contributed by atoms with Crippen LogP contribution in [-0.4, -0.2) is 5.88 Å². The number of aryl methyl sites for hydroxylation is 1. The lowest BCUT2D eigenvalue weighted by molar-refractivity contribution is 0.498. The van der Waals surface area contributed by atoms with E-state index in [0.717, 1.165) is 12.3 Å². The zero-order valence-corrected chi connectivity index (χ0v) is 11.3. The van der Waals surface area contributed by atoms with Crippen molar-refractivity contribution in [1.29, 1.82) is 0 Å². The van der Waals surface area contributed by atoms with Gasteiger partial charge in [0.25, 0.3) is 0 Å². The molecule has 0 aliphatic heterocycles. The third-order valence-electron chi connectivity index (χ3n) is 3.04. The molecule has 0 saturated heterocycles. The van der Waals surface area contributed by atoms with Gasteiger partial charge in [0.2, 0.25) is 0 Å². The number of benzene rings is 1. The van der Waals surface area contributed by atoms with Crippen molar-refractivity contribution in [2.24, 2.45) is 5.92 Å². The van der Waals surface area contributed by atoms with Crippen LogP contribution in [0.5, 0.6) is 0 Å². The van der Waals surface area contributed by atoms with E-state index in [0.29, 0.717) is 5.92 Å². The summed E-state index contributed by atoms with van der Waals surface area (Å²) in [6.07, 6.45) is 6.35. The highest BCUT2D eigenvalue weighted by atomic mass is 35.5. The van der Waals surface area contributed by atoms with Gasteiger partial charge < -0.3 is 0 Å². The molecule has 0 spiro atoms. The zero-order valence-electron chi connectivity index (χ0n) is 10.5. The maximum Gasteiger partial charge on any atom is 0.0254 e. The van der Waals surface area contributed by atoms with Crippen molar-refractivity contribution in [2.45, 2.75) is 46.0 Å². The van der Waals surface area contributed by atoms with E-state index in [1.54, 1.807) is 0 Å². The molecule has 0 aliphatic carbocycles. The first-order valence-corrected chi connectivity index (χ1v) is 6.91. The van der Waals surface area contributed by atoms with Gasteiger partial charge in [-0.2, -0.15) is 0 Å². The number of hydrogen-bond donors (Lipinski definition) is 0. The number of halogens is 1. The highest BCUT2D eigenvalue weighted by molar-refractivity contribution is 6.18. The van der Waals surface area contributed by atoms with E-state index in [-0.39, 0.29) is 0 Å². The van der Waals surface area contributed by atoms with Crippen LogP contribution in [0.1, 0.15) is 43.7 Å². The van der Waals surface area contributed by atoms with Gasteiger partial charge in [0.05, 0.1) is 0 Å². The van der Waals surface area contributed by atoms with Gasteiger partial charge in [0.15, 0.2) is 0 Å². The van der Waals surface area contributed by atoms with Gasteiger partial charge in [0.1, 0.15) is 0 Å². The van der Waals surface area contributed by atoms with E-state index in [1.165, 1.54) is 36.8 Å². The maximum atomic E-state index is 6.04. The van der Waals surface area contributed by atoms with Gasteiger partial charge in [-0.15, -0.1) is 11.6 Å². The second-order valence-corrected chi connectivity index (χ2v) is 5.02. The lowest BCUT2D eigenvalue weighted by Gasteiger charge is -2.13. The molecule has 0 nitrogen and oxygen atoms in total. The maximum absolute atomic E-state index is 6.04. The van der Waals surface area contributed by atoms with Crippen LogP contribution in [0, 0.1) is 12.8 Å². The first kappa shape index (κ1) is 13.6. The van der Waals surface area contributed by atoms with Crippen LogP contribution >= 0.6 is 11.6 Å². The summed E-state index contributed by atoms with van der Waals surface area (Å²) in [6.45, 7) is 4.40. The minimum absolute atomic E-state index is 0.648. The zero-order chi connectivity index (χ0) is 11.8. The van der Waals surface area contributed by atoms with Crippen molar-refractivity contribution in [3.8, 4) is 0 Å². The average Bonchev–Trinajstić information content (AvgIpc) is 2.28. The second-order valence-electron chi connectivity index (χ2n) is 4.71. The Balaban J connectivity index is 2.43. The van der Waals surface area contributed by atoms with Crippen LogP contribution in [0.4, 0.5) is 0 Å². The Hall–Kier alpha value is -0.490. The predicted molar refractivity (Wildman–Crippen MR) is 73.2 cm³/mol. The molecule has 1 aromatic rings. The summed E-state index contributed by atoms with van der Waals surface area (Å²) < 4.78 is 0. The first-order valence-electron chi connectivity index (χ1n) is 6.37. The van der Waals surface area contributed by atoms with E-state index in [2.05, 4.69) is 38.1 Å². The van der Waals surface area contributed by atoms with Crippen LogP contribution in [0.25, 0.3) is 0 Å². The molecule has 0 bridgehead atoms. The van der Waals surface area contributed by atoms with Crippen molar-refractivity contribution in [3.05, 3.63) is 35.4 Å². The molecule has 0 saturated carbocycles. The predicted octanol–water partition coefficient (Wildman–Crippen LogP) is 4.97. The number of alkyl halides is 1. The second kappa shape index (κ2) is 7.73. The summed E-state index contributed by atoms with van der Waals surface area (Å²) in [5.74, 6) is 1.44. The van der Waals surface area contributed by atoms with E-state index < -0.39 is 0 Å². The van der Waals surface area contributed by atoms with Crippen molar-refractivity contribution in [2.75, 3.05) is 5.88 Å². The summed E-state index contributed by atoms with van der Waals surface area (Å²) >= 11 is 6.04. The van der Waals surface area contributed by atoms with E-state index >= 15 is 0 Å². The summed E-state index contributed by atoms with van der Waals surface area (Å²) in [4.78, 5) is 0. The fourth-order valence-electron chi connectivity index (χ4n) is 2.09. The van der Waals surface area contributed by atoms with Crippen molar-refractivity contribution >= 4 is 11.6 Å². The lowest BCUT2D eigenvalue weighted by Crippen LogP contribution is -2.06.